The average Bonchev–Trinajstić information content (AvgIpc) is 3.10. The first-order valence-corrected chi connectivity index (χ1v) is 7.51. The normalized spacial score (nSPS) is 11.1. The Balaban J connectivity index is 1.67. The molecule has 3 N–H and O–H groups in total. The standard InChI is InChI=1S/C17H22N4O2/c1-13-5-7-14(8-6-13)12-21-17(18-2)20-10-9-19-16(22)15-4-3-11-23-15/h3-8,11H,9-10,12H2,1-2H3,(H,19,22)(H2,18,20,21). The van der Waals surface area contributed by atoms with E-state index >= 15 is 0 Å². The van der Waals surface area contributed by atoms with E-state index in [1.165, 1.54) is 17.4 Å². The molecule has 0 atom stereocenters. The van der Waals surface area contributed by atoms with E-state index in [1.54, 1.807) is 19.2 Å². The average molecular weight is 314 g/mol. The monoisotopic (exact) mass is 314 g/mol. The quantitative estimate of drug-likeness (QED) is 0.431. The zero-order chi connectivity index (χ0) is 16.5. The molecule has 2 rings (SSSR count). The van der Waals surface area contributed by atoms with E-state index in [-0.39, 0.29) is 5.91 Å². The Hall–Kier alpha value is -2.76. The van der Waals surface area contributed by atoms with E-state index in [2.05, 4.69) is 52.1 Å². The maximum absolute atomic E-state index is 11.7. The van der Waals surface area contributed by atoms with Crippen molar-refractivity contribution in [2.45, 2.75) is 13.5 Å². The van der Waals surface area contributed by atoms with Gasteiger partial charge in [-0.3, -0.25) is 9.79 Å². The molecule has 0 saturated carbocycles. The lowest BCUT2D eigenvalue weighted by Gasteiger charge is -2.12. The highest BCUT2D eigenvalue weighted by Crippen LogP contribution is 2.02. The summed E-state index contributed by atoms with van der Waals surface area (Å²) in [5, 5.41) is 9.14. The molecule has 0 aliphatic rings. The predicted octanol–water partition coefficient (Wildman–Crippen LogP) is 1.68. The molecule has 122 valence electrons. The number of aliphatic imine (C=N–C) groups is 1. The first-order valence-electron chi connectivity index (χ1n) is 7.51. The molecule has 2 aromatic rings. The molecule has 1 aromatic heterocycles. The fourth-order valence-electron chi connectivity index (χ4n) is 1.96. The Morgan fingerprint density at radius 3 is 2.48 bits per heavy atom. The summed E-state index contributed by atoms with van der Waals surface area (Å²) < 4.78 is 5.02. The van der Waals surface area contributed by atoms with Gasteiger partial charge in [-0.1, -0.05) is 29.8 Å². The molecule has 0 saturated heterocycles. The second kappa shape index (κ2) is 8.63. The highest BCUT2D eigenvalue weighted by atomic mass is 16.3. The molecule has 23 heavy (non-hydrogen) atoms. The highest BCUT2D eigenvalue weighted by molar-refractivity contribution is 5.91. The van der Waals surface area contributed by atoms with Crippen LogP contribution in [0.15, 0.2) is 52.1 Å². The summed E-state index contributed by atoms with van der Waals surface area (Å²) >= 11 is 0. The Morgan fingerprint density at radius 1 is 1.09 bits per heavy atom. The third kappa shape index (κ3) is 5.50. The van der Waals surface area contributed by atoms with Crippen LogP contribution in [0.1, 0.15) is 21.7 Å². The second-order valence-corrected chi connectivity index (χ2v) is 5.07. The maximum Gasteiger partial charge on any atom is 0.287 e. The lowest BCUT2D eigenvalue weighted by atomic mass is 10.1. The van der Waals surface area contributed by atoms with Crippen molar-refractivity contribution in [3.8, 4) is 0 Å². The molecule has 1 aromatic carbocycles. The summed E-state index contributed by atoms with van der Waals surface area (Å²) in [6.45, 7) is 3.80. The Kier molecular flexibility index (Phi) is 6.23. The number of carbonyl (C=O) groups excluding carboxylic acids is 1. The van der Waals surface area contributed by atoms with Gasteiger partial charge in [0.1, 0.15) is 0 Å². The fraction of sp³-hybridized carbons (Fsp3) is 0.294. The number of hydrogen-bond acceptors (Lipinski definition) is 3. The minimum Gasteiger partial charge on any atom is -0.459 e. The predicted molar refractivity (Wildman–Crippen MR) is 90.4 cm³/mol. The Bertz CT molecular complexity index is 633. The topological polar surface area (TPSA) is 78.7 Å². The number of aryl methyl sites for hydroxylation is 1. The largest absolute Gasteiger partial charge is 0.459 e. The zero-order valence-electron chi connectivity index (χ0n) is 13.4. The van der Waals surface area contributed by atoms with Gasteiger partial charge < -0.3 is 20.4 Å². The molecule has 0 fully saturated rings. The van der Waals surface area contributed by atoms with Crippen molar-refractivity contribution < 1.29 is 9.21 Å². The van der Waals surface area contributed by atoms with E-state index in [1.807, 2.05) is 0 Å². The van der Waals surface area contributed by atoms with Crippen molar-refractivity contribution in [2.75, 3.05) is 20.1 Å². The molecule has 0 aliphatic carbocycles. The summed E-state index contributed by atoms with van der Waals surface area (Å²) in [5.41, 5.74) is 2.42. The van der Waals surface area contributed by atoms with Crippen molar-refractivity contribution in [1.82, 2.24) is 16.0 Å². The Morgan fingerprint density at radius 2 is 1.83 bits per heavy atom. The summed E-state index contributed by atoms with van der Waals surface area (Å²) in [6, 6.07) is 11.6. The number of rotatable bonds is 6. The zero-order valence-corrected chi connectivity index (χ0v) is 13.4. The van der Waals surface area contributed by atoms with Gasteiger partial charge in [-0.05, 0) is 24.6 Å². The molecule has 0 aliphatic heterocycles. The first-order chi connectivity index (χ1) is 11.2. The number of amides is 1. The SMILES string of the molecule is CN=C(NCCNC(=O)c1ccco1)NCc1ccc(C)cc1. The van der Waals surface area contributed by atoms with Gasteiger partial charge in [0.25, 0.3) is 5.91 Å². The van der Waals surface area contributed by atoms with Crippen molar-refractivity contribution in [3.63, 3.8) is 0 Å². The van der Waals surface area contributed by atoms with Crippen LogP contribution in [-0.2, 0) is 6.54 Å². The van der Waals surface area contributed by atoms with Gasteiger partial charge in [-0.15, -0.1) is 0 Å². The van der Waals surface area contributed by atoms with Crippen LogP contribution in [0.3, 0.4) is 0 Å². The number of hydrogen-bond donors (Lipinski definition) is 3. The number of benzene rings is 1. The highest BCUT2D eigenvalue weighted by Gasteiger charge is 2.06. The lowest BCUT2D eigenvalue weighted by Crippen LogP contribution is -2.41. The van der Waals surface area contributed by atoms with Gasteiger partial charge >= 0.3 is 0 Å². The van der Waals surface area contributed by atoms with Gasteiger partial charge in [0.05, 0.1) is 6.26 Å². The first kappa shape index (κ1) is 16.6. The van der Waals surface area contributed by atoms with E-state index in [0.29, 0.717) is 31.4 Å². The van der Waals surface area contributed by atoms with Crippen LogP contribution >= 0.6 is 0 Å². The van der Waals surface area contributed by atoms with E-state index < -0.39 is 0 Å². The number of guanidine groups is 1. The Labute approximate surface area is 136 Å². The van der Waals surface area contributed by atoms with Gasteiger partial charge in [-0.25, -0.2) is 0 Å². The van der Waals surface area contributed by atoms with E-state index in [9.17, 15) is 4.79 Å². The third-order valence-electron chi connectivity index (χ3n) is 3.25. The number of nitrogens with zero attached hydrogens (tertiary/aromatic N) is 1. The molecule has 0 unspecified atom stereocenters. The molecular formula is C17H22N4O2. The summed E-state index contributed by atoms with van der Waals surface area (Å²) in [5.74, 6) is 0.782. The third-order valence-corrected chi connectivity index (χ3v) is 3.25. The van der Waals surface area contributed by atoms with Gasteiger partial charge in [0, 0.05) is 26.7 Å². The smallest absolute Gasteiger partial charge is 0.287 e. The van der Waals surface area contributed by atoms with Crippen molar-refractivity contribution in [2.24, 2.45) is 4.99 Å². The number of carbonyl (C=O) groups is 1. The van der Waals surface area contributed by atoms with Crippen LogP contribution < -0.4 is 16.0 Å². The van der Waals surface area contributed by atoms with Gasteiger partial charge in [0.15, 0.2) is 11.7 Å². The molecule has 6 nitrogen and oxygen atoms in total. The maximum atomic E-state index is 11.7. The lowest BCUT2D eigenvalue weighted by molar-refractivity contribution is 0.0926. The number of furan rings is 1. The van der Waals surface area contributed by atoms with Crippen molar-refractivity contribution in [3.05, 3.63) is 59.5 Å². The van der Waals surface area contributed by atoms with Crippen LogP contribution in [0.4, 0.5) is 0 Å². The molecule has 6 heteroatoms. The minimum atomic E-state index is -0.223. The second-order valence-electron chi connectivity index (χ2n) is 5.07. The summed E-state index contributed by atoms with van der Waals surface area (Å²) in [7, 11) is 1.71. The molecule has 0 spiro atoms. The fourth-order valence-corrected chi connectivity index (χ4v) is 1.96. The van der Waals surface area contributed by atoms with Crippen molar-refractivity contribution >= 4 is 11.9 Å². The van der Waals surface area contributed by atoms with Crippen LogP contribution in [0, 0.1) is 6.92 Å². The summed E-state index contributed by atoms with van der Waals surface area (Å²) in [4.78, 5) is 15.8. The van der Waals surface area contributed by atoms with Crippen LogP contribution in [0.2, 0.25) is 0 Å². The van der Waals surface area contributed by atoms with E-state index in [4.69, 9.17) is 4.42 Å². The molecule has 1 heterocycles. The minimum absolute atomic E-state index is 0.223. The molecule has 1 amide bonds. The van der Waals surface area contributed by atoms with E-state index in [0.717, 1.165) is 0 Å². The van der Waals surface area contributed by atoms with Crippen LogP contribution in [0.25, 0.3) is 0 Å². The number of nitrogens with one attached hydrogen (secondary N) is 3. The molecular weight excluding hydrogens is 292 g/mol. The summed E-state index contributed by atoms with van der Waals surface area (Å²) in [6.07, 6.45) is 1.48. The van der Waals surface area contributed by atoms with Gasteiger partial charge in [0.2, 0.25) is 0 Å². The van der Waals surface area contributed by atoms with Crippen LogP contribution in [-0.4, -0.2) is 32.0 Å². The van der Waals surface area contributed by atoms with Crippen LogP contribution in [0.5, 0.6) is 0 Å². The molecule has 0 bridgehead atoms. The van der Waals surface area contributed by atoms with Crippen molar-refractivity contribution in [1.29, 1.82) is 0 Å². The van der Waals surface area contributed by atoms with Gasteiger partial charge in [-0.2, -0.15) is 0 Å². The molecule has 0 radical (unpaired) electrons.